The second-order valence-corrected chi connectivity index (χ2v) is 4.88. The minimum absolute atomic E-state index is 0.850. The molecule has 3 nitrogen and oxygen atoms in total. The highest BCUT2D eigenvalue weighted by Crippen LogP contribution is 2.23. The molecule has 0 aliphatic rings. The van der Waals surface area contributed by atoms with Crippen LogP contribution < -0.4 is 4.74 Å². The summed E-state index contributed by atoms with van der Waals surface area (Å²) in [6.07, 6.45) is 1.09. The van der Waals surface area contributed by atoms with Crippen LogP contribution in [0.3, 0.4) is 0 Å². The lowest BCUT2D eigenvalue weighted by atomic mass is 10.3. The third-order valence-corrected chi connectivity index (χ3v) is 3.48. The number of thiol groups is 1. The van der Waals surface area contributed by atoms with E-state index in [9.17, 15) is 0 Å². The SMILES string of the molecule is COc1ccc2nc(SCCCS)[nH]c2c1. The first-order valence-electron chi connectivity index (χ1n) is 5.11. The predicted octanol–water partition coefficient (Wildman–Crippen LogP) is 2.98. The average molecular weight is 254 g/mol. The number of aromatic nitrogens is 2. The summed E-state index contributed by atoms with van der Waals surface area (Å²) in [5.41, 5.74) is 2.00. The molecule has 5 heteroatoms. The highest BCUT2D eigenvalue weighted by Gasteiger charge is 2.03. The van der Waals surface area contributed by atoms with E-state index in [0.717, 1.165) is 39.9 Å². The molecule has 0 amide bonds. The van der Waals surface area contributed by atoms with Gasteiger partial charge in [0.2, 0.25) is 0 Å². The Morgan fingerprint density at radius 1 is 1.50 bits per heavy atom. The van der Waals surface area contributed by atoms with Crippen LogP contribution in [0, 0.1) is 0 Å². The molecule has 0 saturated carbocycles. The quantitative estimate of drug-likeness (QED) is 0.489. The molecule has 2 rings (SSSR count). The Bertz CT molecular complexity index is 470. The zero-order chi connectivity index (χ0) is 11.4. The monoisotopic (exact) mass is 254 g/mol. The molecule has 0 aliphatic carbocycles. The van der Waals surface area contributed by atoms with Crippen molar-refractivity contribution in [3.8, 4) is 5.75 Å². The standard InChI is InChI=1S/C11H14N2OS2/c1-14-8-3-4-9-10(7-8)13-11(12-9)16-6-2-5-15/h3-4,7,15H,2,5-6H2,1H3,(H,12,13). The number of imidazole rings is 1. The summed E-state index contributed by atoms with van der Waals surface area (Å²) >= 11 is 5.91. The summed E-state index contributed by atoms with van der Waals surface area (Å²) in [5.74, 6) is 2.81. The number of methoxy groups -OCH3 is 1. The average Bonchev–Trinajstić information content (AvgIpc) is 2.70. The predicted molar refractivity (Wildman–Crippen MR) is 71.8 cm³/mol. The molecule has 0 spiro atoms. The number of aromatic amines is 1. The third-order valence-electron chi connectivity index (χ3n) is 2.21. The maximum Gasteiger partial charge on any atom is 0.166 e. The van der Waals surface area contributed by atoms with Crippen molar-refractivity contribution in [3.63, 3.8) is 0 Å². The van der Waals surface area contributed by atoms with Crippen molar-refractivity contribution in [2.45, 2.75) is 11.6 Å². The number of nitrogens with zero attached hydrogens (tertiary/aromatic N) is 1. The van der Waals surface area contributed by atoms with Crippen molar-refractivity contribution in [1.29, 1.82) is 0 Å². The normalized spacial score (nSPS) is 10.9. The number of thioether (sulfide) groups is 1. The van der Waals surface area contributed by atoms with E-state index in [1.807, 2.05) is 18.2 Å². The van der Waals surface area contributed by atoms with E-state index < -0.39 is 0 Å². The van der Waals surface area contributed by atoms with Gasteiger partial charge in [-0.05, 0) is 24.3 Å². The summed E-state index contributed by atoms with van der Waals surface area (Å²) < 4.78 is 5.17. The van der Waals surface area contributed by atoms with Gasteiger partial charge in [-0.25, -0.2) is 4.98 Å². The number of hydrogen-bond acceptors (Lipinski definition) is 4. The highest BCUT2D eigenvalue weighted by molar-refractivity contribution is 7.99. The number of ether oxygens (including phenoxy) is 1. The van der Waals surface area contributed by atoms with Gasteiger partial charge in [-0.3, -0.25) is 0 Å². The molecule has 2 aromatic rings. The number of benzene rings is 1. The molecule has 1 aromatic heterocycles. The maximum atomic E-state index is 5.17. The van der Waals surface area contributed by atoms with Crippen molar-refractivity contribution in [2.24, 2.45) is 0 Å². The Labute approximate surface area is 104 Å². The van der Waals surface area contributed by atoms with Gasteiger partial charge in [0, 0.05) is 11.8 Å². The third kappa shape index (κ3) is 2.65. The zero-order valence-electron chi connectivity index (χ0n) is 9.06. The fourth-order valence-corrected chi connectivity index (χ4v) is 2.59. The molecular weight excluding hydrogens is 240 g/mol. The summed E-state index contributed by atoms with van der Waals surface area (Å²) in [4.78, 5) is 7.76. The molecule has 0 aliphatic heterocycles. The molecule has 1 aromatic carbocycles. The molecular formula is C11H14N2OS2. The number of nitrogens with one attached hydrogen (secondary N) is 1. The Morgan fingerprint density at radius 2 is 2.38 bits per heavy atom. The smallest absolute Gasteiger partial charge is 0.166 e. The molecule has 0 fully saturated rings. The number of fused-ring (bicyclic) bond motifs is 1. The second kappa shape index (κ2) is 5.50. The fraction of sp³-hybridized carbons (Fsp3) is 0.364. The molecule has 1 N–H and O–H groups in total. The molecule has 0 atom stereocenters. The number of rotatable bonds is 5. The Balaban J connectivity index is 2.16. The molecule has 86 valence electrons. The first-order chi connectivity index (χ1) is 7.83. The van der Waals surface area contributed by atoms with Crippen LogP contribution in [-0.4, -0.2) is 28.6 Å². The Kier molecular flexibility index (Phi) is 4.01. The van der Waals surface area contributed by atoms with Crippen LogP contribution in [0.25, 0.3) is 11.0 Å². The van der Waals surface area contributed by atoms with Gasteiger partial charge in [0.15, 0.2) is 5.16 Å². The van der Waals surface area contributed by atoms with Crippen LogP contribution in [0.4, 0.5) is 0 Å². The van der Waals surface area contributed by atoms with E-state index >= 15 is 0 Å². The fourth-order valence-electron chi connectivity index (χ4n) is 1.39. The highest BCUT2D eigenvalue weighted by atomic mass is 32.2. The van der Waals surface area contributed by atoms with E-state index in [4.69, 9.17) is 4.74 Å². The van der Waals surface area contributed by atoms with Crippen molar-refractivity contribution in [1.82, 2.24) is 9.97 Å². The lowest BCUT2D eigenvalue weighted by Crippen LogP contribution is -1.82. The topological polar surface area (TPSA) is 37.9 Å². The Morgan fingerprint density at radius 3 is 3.12 bits per heavy atom. The molecule has 0 radical (unpaired) electrons. The number of hydrogen-bond donors (Lipinski definition) is 2. The zero-order valence-corrected chi connectivity index (χ0v) is 10.8. The minimum atomic E-state index is 0.850. The lowest BCUT2D eigenvalue weighted by Gasteiger charge is -1.96. The van der Waals surface area contributed by atoms with E-state index in [1.54, 1.807) is 18.9 Å². The van der Waals surface area contributed by atoms with Gasteiger partial charge in [-0.1, -0.05) is 11.8 Å². The van der Waals surface area contributed by atoms with E-state index in [-0.39, 0.29) is 0 Å². The summed E-state index contributed by atoms with van der Waals surface area (Å²) in [5, 5.41) is 0.963. The van der Waals surface area contributed by atoms with Crippen molar-refractivity contribution < 1.29 is 4.74 Å². The van der Waals surface area contributed by atoms with Crippen molar-refractivity contribution in [3.05, 3.63) is 18.2 Å². The van der Waals surface area contributed by atoms with Crippen LogP contribution in [0.1, 0.15) is 6.42 Å². The maximum absolute atomic E-state index is 5.17. The molecule has 0 unspecified atom stereocenters. The molecule has 0 bridgehead atoms. The number of H-pyrrole nitrogens is 1. The summed E-state index contributed by atoms with van der Waals surface area (Å²) in [6.45, 7) is 0. The van der Waals surface area contributed by atoms with Crippen molar-refractivity contribution >= 4 is 35.4 Å². The van der Waals surface area contributed by atoms with Crippen LogP contribution in [0.5, 0.6) is 5.75 Å². The Hall–Kier alpha value is -0.810. The van der Waals surface area contributed by atoms with Crippen LogP contribution >= 0.6 is 24.4 Å². The minimum Gasteiger partial charge on any atom is -0.497 e. The lowest BCUT2D eigenvalue weighted by molar-refractivity contribution is 0.415. The first kappa shape index (κ1) is 11.7. The summed E-state index contributed by atoms with van der Waals surface area (Å²) in [7, 11) is 1.67. The van der Waals surface area contributed by atoms with Crippen LogP contribution in [-0.2, 0) is 0 Å². The first-order valence-corrected chi connectivity index (χ1v) is 6.72. The van der Waals surface area contributed by atoms with E-state index in [0.29, 0.717) is 0 Å². The van der Waals surface area contributed by atoms with Gasteiger partial charge in [0.25, 0.3) is 0 Å². The van der Waals surface area contributed by atoms with Gasteiger partial charge in [-0.15, -0.1) is 0 Å². The van der Waals surface area contributed by atoms with Gasteiger partial charge >= 0.3 is 0 Å². The van der Waals surface area contributed by atoms with Crippen molar-refractivity contribution in [2.75, 3.05) is 18.6 Å². The molecule has 1 heterocycles. The van der Waals surface area contributed by atoms with Gasteiger partial charge in [0.1, 0.15) is 5.75 Å². The van der Waals surface area contributed by atoms with Gasteiger partial charge in [0.05, 0.1) is 18.1 Å². The van der Waals surface area contributed by atoms with E-state index in [2.05, 4.69) is 22.6 Å². The second-order valence-electron chi connectivity index (χ2n) is 3.35. The summed E-state index contributed by atoms with van der Waals surface area (Å²) in [6, 6.07) is 5.85. The van der Waals surface area contributed by atoms with Gasteiger partial charge in [-0.2, -0.15) is 12.6 Å². The molecule has 16 heavy (non-hydrogen) atoms. The van der Waals surface area contributed by atoms with Crippen LogP contribution in [0.15, 0.2) is 23.4 Å². The molecule has 0 saturated heterocycles. The largest absolute Gasteiger partial charge is 0.497 e. The van der Waals surface area contributed by atoms with Crippen LogP contribution in [0.2, 0.25) is 0 Å². The van der Waals surface area contributed by atoms with Gasteiger partial charge < -0.3 is 9.72 Å². The van der Waals surface area contributed by atoms with E-state index in [1.165, 1.54) is 0 Å².